The molecule has 1 amide bonds. The van der Waals surface area contributed by atoms with Gasteiger partial charge in [-0.05, 0) is 45.0 Å². The molecule has 0 aliphatic rings. The van der Waals surface area contributed by atoms with E-state index in [1.807, 2.05) is 0 Å². The fourth-order valence-electron chi connectivity index (χ4n) is 1.74. The summed E-state index contributed by atoms with van der Waals surface area (Å²) in [7, 11) is 1.57. The van der Waals surface area contributed by atoms with Crippen LogP contribution in [-0.4, -0.2) is 42.5 Å². The number of nitrogens with one attached hydrogen (secondary N) is 1. The maximum atomic E-state index is 12.3. The number of benzene rings is 1. The average molecular weight is 330 g/mol. The van der Waals surface area contributed by atoms with Crippen LogP contribution in [0, 0.1) is 0 Å². The third kappa shape index (κ3) is 6.22. The molecule has 22 heavy (non-hydrogen) atoms. The first kappa shape index (κ1) is 18.7. The third-order valence-corrected chi connectivity index (χ3v) is 3.46. The molecule has 0 fully saturated rings. The first-order chi connectivity index (χ1) is 10.2. The fraction of sp³-hybridized carbons (Fsp3) is 0.562. The summed E-state index contributed by atoms with van der Waals surface area (Å²) in [5, 5.41) is 13.4. The monoisotopic (exact) mass is 329 g/mol. The van der Waals surface area contributed by atoms with Crippen LogP contribution in [-0.2, 0) is 9.53 Å². The Bertz CT molecular complexity index is 485. The van der Waals surface area contributed by atoms with Crippen LogP contribution in [0.15, 0.2) is 24.3 Å². The van der Waals surface area contributed by atoms with Crippen molar-refractivity contribution in [1.29, 1.82) is 0 Å². The number of carbonyl (C=O) groups excluding carboxylic acids is 1. The topological polar surface area (TPSA) is 67.8 Å². The van der Waals surface area contributed by atoms with Crippen molar-refractivity contribution < 1.29 is 19.4 Å². The number of hydrogen-bond acceptors (Lipinski definition) is 4. The van der Waals surface area contributed by atoms with E-state index in [0.717, 1.165) is 0 Å². The Morgan fingerprint density at radius 1 is 1.27 bits per heavy atom. The van der Waals surface area contributed by atoms with Gasteiger partial charge in [-0.15, -0.1) is 0 Å². The van der Waals surface area contributed by atoms with Crippen LogP contribution in [0.2, 0.25) is 5.02 Å². The van der Waals surface area contributed by atoms with Crippen LogP contribution in [0.4, 0.5) is 0 Å². The van der Waals surface area contributed by atoms with Crippen molar-refractivity contribution in [3.05, 3.63) is 29.3 Å². The van der Waals surface area contributed by atoms with E-state index in [1.54, 1.807) is 52.1 Å². The summed E-state index contributed by atoms with van der Waals surface area (Å²) in [6.07, 6.45) is 0.433. The molecule has 1 aromatic carbocycles. The molecule has 0 radical (unpaired) electrons. The number of carbonyl (C=O) groups is 1. The van der Waals surface area contributed by atoms with Crippen LogP contribution < -0.4 is 10.1 Å². The number of hydrogen-bond donors (Lipinski definition) is 2. The lowest BCUT2D eigenvalue weighted by Crippen LogP contribution is -2.51. The lowest BCUT2D eigenvalue weighted by atomic mass is 10.0. The molecule has 6 heteroatoms. The van der Waals surface area contributed by atoms with Crippen molar-refractivity contribution in [3.63, 3.8) is 0 Å². The first-order valence-corrected chi connectivity index (χ1v) is 7.48. The van der Waals surface area contributed by atoms with Gasteiger partial charge in [0.2, 0.25) is 0 Å². The molecule has 0 aliphatic heterocycles. The van der Waals surface area contributed by atoms with Crippen LogP contribution in [0.25, 0.3) is 0 Å². The number of methoxy groups -OCH3 is 1. The van der Waals surface area contributed by atoms with Crippen LogP contribution in [0.3, 0.4) is 0 Å². The van der Waals surface area contributed by atoms with E-state index in [-0.39, 0.29) is 12.5 Å². The smallest absolute Gasteiger partial charge is 0.263 e. The van der Waals surface area contributed by atoms with Gasteiger partial charge in [-0.1, -0.05) is 11.6 Å². The van der Waals surface area contributed by atoms with Crippen LogP contribution >= 0.6 is 11.6 Å². The molecular formula is C16H24ClNO4. The van der Waals surface area contributed by atoms with Crippen molar-refractivity contribution >= 4 is 17.5 Å². The number of rotatable bonds is 8. The standard InChI is InChI=1S/C16H24ClNO4/c1-15(2,22-13-7-5-12(17)6-8-13)14(19)18-11-16(3,20)9-10-21-4/h5-8,20H,9-11H2,1-4H3,(H,18,19). The molecule has 0 bridgehead atoms. The Morgan fingerprint density at radius 2 is 1.86 bits per heavy atom. The summed E-state index contributed by atoms with van der Waals surface area (Å²) < 4.78 is 10.6. The summed E-state index contributed by atoms with van der Waals surface area (Å²) >= 11 is 5.81. The summed E-state index contributed by atoms with van der Waals surface area (Å²) in [6.45, 7) is 5.54. The van der Waals surface area contributed by atoms with E-state index in [4.69, 9.17) is 21.1 Å². The highest BCUT2D eigenvalue weighted by Gasteiger charge is 2.31. The molecule has 5 nitrogen and oxygen atoms in total. The minimum Gasteiger partial charge on any atom is -0.478 e. The third-order valence-electron chi connectivity index (χ3n) is 3.21. The maximum absolute atomic E-state index is 12.3. The highest BCUT2D eigenvalue weighted by Crippen LogP contribution is 2.21. The van der Waals surface area contributed by atoms with Crippen LogP contribution in [0.1, 0.15) is 27.2 Å². The van der Waals surface area contributed by atoms with Crippen molar-refractivity contribution in [3.8, 4) is 5.75 Å². The maximum Gasteiger partial charge on any atom is 0.263 e. The normalized spacial score (nSPS) is 14.3. The number of amides is 1. The lowest BCUT2D eigenvalue weighted by Gasteiger charge is -2.28. The van der Waals surface area contributed by atoms with E-state index >= 15 is 0 Å². The van der Waals surface area contributed by atoms with Gasteiger partial charge in [-0.25, -0.2) is 0 Å². The Labute approximate surface area is 136 Å². The van der Waals surface area contributed by atoms with Crippen molar-refractivity contribution in [2.24, 2.45) is 0 Å². The molecule has 2 N–H and O–H groups in total. The van der Waals surface area contributed by atoms with Crippen molar-refractivity contribution in [1.82, 2.24) is 5.32 Å². The zero-order valence-electron chi connectivity index (χ0n) is 13.5. The van der Waals surface area contributed by atoms with E-state index in [9.17, 15) is 9.90 Å². The number of aliphatic hydroxyl groups is 1. The molecule has 0 spiro atoms. The predicted molar refractivity (Wildman–Crippen MR) is 86.3 cm³/mol. The molecule has 1 aromatic rings. The van der Waals surface area contributed by atoms with Gasteiger partial charge in [0.15, 0.2) is 5.60 Å². The predicted octanol–water partition coefficient (Wildman–Crippen LogP) is 2.40. The molecule has 0 aliphatic carbocycles. The van der Waals surface area contributed by atoms with E-state index < -0.39 is 11.2 Å². The molecule has 0 saturated heterocycles. The van der Waals surface area contributed by atoms with Gasteiger partial charge in [0.25, 0.3) is 5.91 Å². The summed E-state index contributed by atoms with van der Waals surface area (Å²) in [6, 6.07) is 6.79. The van der Waals surface area contributed by atoms with E-state index in [0.29, 0.717) is 23.8 Å². The van der Waals surface area contributed by atoms with Gasteiger partial charge in [0.1, 0.15) is 5.75 Å². The average Bonchev–Trinajstić information content (AvgIpc) is 2.45. The quantitative estimate of drug-likeness (QED) is 0.768. The van der Waals surface area contributed by atoms with Gasteiger partial charge in [0, 0.05) is 31.7 Å². The first-order valence-electron chi connectivity index (χ1n) is 7.10. The highest BCUT2D eigenvalue weighted by atomic mass is 35.5. The van der Waals surface area contributed by atoms with Gasteiger partial charge < -0.3 is 19.9 Å². The fourth-order valence-corrected chi connectivity index (χ4v) is 1.86. The summed E-state index contributed by atoms with van der Waals surface area (Å²) in [4.78, 5) is 12.3. The minimum absolute atomic E-state index is 0.128. The second-order valence-electron chi connectivity index (χ2n) is 5.99. The molecule has 0 heterocycles. The summed E-state index contributed by atoms with van der Waals surface area (Å²) in [5.74, 6) is 0.246. The molecule has 0 saturated carbocycles. The Kier molecular flexibility index (Phi) is 6.66. The van der Waals surface area contributed by atoms with Gasteiger partial charge in [-0.2, -0.15) is 0 Å². The SMILES string of the molecule is COCCC(C)(O)CNC(=O)C(C)(C)Oc1ccc(Cl)cc1. The largest absolute Gasteiger partial charge is 0.478 e. The van der Waals surface area contributed by atoms with Crippen molar-refractivity contribution in [2.45, 2.75) is 38.4 Å². The van der Waals surface area contributed by atoms with Gasteiger partial charge >= 0.3 is 0 Å². The Hall–Kier alpha value is -1.30. The van der Waals surface area contributed by atoms with Gasteiger partial charge in [-0.3, -0.25) is 4.79 Å². The zero-order chi connectivity index (χ0) is 16.8. The second-order valence-corrected chi connectivity index (χ2v) is 6.43. The highest BCUT2D eigenvalue weighted by molar-refractivity contribution is 6.30. The number of ether oxygens (including phenoxy) is 2. The zero-order valence-corrected chi connectivity index (χ0v) is 14.2. The van der Waals surface area contributed by atoms with Crippen LogP contribution in [0.5, 0.6) is 5.75 Å². The lowest BCUT2D eigenvalue weighted by molar-refractivity contribution is -0.135. The Morgan fingerprint density at radius 3 is 2.41 bits per heavy atom. The molecule has 1 unspecified atom stereocenters. The Balaban J connectivity index is 2.57. The molecule has 0 aromatic heterocycles. The van der Waals surface area contributed by atoms with Crippen molar-refractivity contribution in [2.75, 3.05) is 20.3 Å². The van der Waals surface area contributed by atoms with E-state index in [2.05, 4.69) is 5.32 Å². The molecule has 1 atom stereocenters. The molecular weight excluding hydrogens is 306 g/mol. The van der Waals surface area contributed by atoms with E-state index in [1.165, 1.54) is 0 Å². The minimum atomic E-state index is -1.06. The second kappa shape index (κ2) is 7.81. The number of halogens is 1. The molecule has 124 valence electrons. The molecule has 1 rings (SSSR count). The van der Waals surface area contributed by atoms with Gasteiger partial charge in [0.05, 0.1) is 5.60 Å². The summed E-state index contributed by atoms with van der Waals surface area (Å²) in [5.41, 5.74) is -2.09.